The molecule has 24 heavy (non-hydrogen) atoms. The molecular formula is C16H15F3N2O2S. The van der Waals surface area contributed by atoms with Crippen LogP contribution in [-0.4, -0.2) is 17.8 Å². The second-order valence-corrected chi connectivity index (χ2v) is 7.41. The highest BCUT2D eigenvalue weighted by molar-refractivity contribution is 8.04. The predicted octanol–water partition coefficient (Wildman–Crippen LogP) is 4.15. The molecule has 8 heteroatoms. The lowest BCUT2D eigenvalue weighted by atomic mass is 9.88. The number of benzene rings is 1. The minimum Gasteiger partial charge on any atom is -0.406 e. The quantitative estimate of drug-likeness (QED) is 0.794. The van der Waals surface area contributed by atoms with Gasteiger partial charge in [0.15, 0.2) is 0 Å². The van der Waals surface area contributed by atoms with Crippen molar-refractivity contribution in [3.05, 3.63) is 28.8 Å². The molecule has 0 bridgehead atoms. The molecule has 2 heterocycles. The molecule has 0 unspecified atom stereocenters. The van der Waals surface area contributed by atoms with Crippen LogP contribution in [0.5, 0.6) is 5.75 Å². The molecule has 4 rings (SSSR count). The Morgan fingerprint density at radius 1 is 1.21 bits per heavy atom. The van der Waals surface area contributed by atoms with E-state index in [2.05, 4.69) is 15.4 Å². The van der Waals surface area contributed by atoms with E-state index in [1.54, 1.807) is 6.07 Å². The van der Waals surface area contributed by atoms with Gasteiger partial charge >= 0.3 is 6.36 Å². The van der Waals surface area contributed by atoms with Gasteiger partial charge in [0, 0.05) is 22.6 Å². The number of nitrogens with one attached hydrogen (secondary N) is 2. The summed E-state index contributed by atoms with van der Waals surface area (Å²) in [5, 5.41) is 6.34. The van der Waals surface area contributed by atoms with Gasteiger partial charge in [0.25, 0.3) is 5.91 Å². The zero-order valence-electron chi connectivity index (χ0n) is 12.6. The Kier molecular flexibility index (Phi) is 3.49. The molecule has 1 aromatic carbocycles. The molecule has 0 saturated heterocycles. The van der Waals surface area contributed by atoms with Gasteiger partial charge in [0.05, 0.1) is 10.6 Å². The summed E-state index contributed by atoms with van der Waals surface area (Å²) in [4.78, 5) is 13.6. The van der Waals surface area contributed by atoms with Gasteiger partial charge in [-0.05, 0) is 31.0 Å². The standard InChI is InChI=1S/C16H15F3N2O2S/c17-16(18,19)23-9-3-4-10-12(7-9)24-13-11(20-10)8-15(21-14(13)22)5-1-2-6-15/h3-4,7,20H,1-2,5-6,8H2,(H,21,22). The van der Waals surface area contributed by atoms with Crippen molar-refractivity contribution < 1.29 is 22.7 Å². The number of fused-ring (bicyclic) bond motifs is 1. The van der Waals surface area contributed by atoms with E-state index in [9.17, 15) is 18.0 Å². The van der Waals surface area contributed by atoms with Gasteiger partial charge in [-0.2, -0.15) is 0 Å². The summed E-state index contributed by atoms with van der Waals surface area (Å²) in [6, 6.07) is 4.14. The molecule has 1 aliphatic carbocycles. The van der Waals surface area contributed by atoms with Gasteiger partial charge in [0.2, 0.25) is 0 Å². The predicted molar refractivity (Wildman–Crippen MR) is 83.6 cm³/mol. The number of anilines is 1. The molecule has 2 N–H and O–H groups in total. The fourth-order valence-electron chi connectivity index (χ4n) is 3.62. The number of carbonyl (C=O) groups is 1. The maximum atomic E-state index is 12.5. The molecule has 1 aromatic rings. The number of thioether (sulfide) groups is 1. The Labute approximate surface area is 140 Å². The van der Waals surface area contributed by atoms with Crippen LogP contribution >= 0.6 is 11.8 Å². The normalized spacial score (nSPS) is 21.9. The highest BCUT2D eigenvalue weighted by Gasteiger charge is 2.43. The number of alkyl halides is 3. The van der Waals surface area contributed by atoms with E-state index in [-0.39, 0.29) is 17.2 Å². The second kappa shape index (κ2) is 5.34. The van der Waals surface area contributed by atoms with Crippen LogP contribution in [0.15, 0.2) is 33.7 Å². The number of halogens is 3. The third-order valence-corrected chi connectivity index (χ3v) is 5.81. The lowest BCUT2D eigenvalue weighted by Crippen LogP contribution is -2.51. The summed E-state index contributed by atoms with van der Waals surface area (Å²) >= 11 is 1.19. The Morgan fingerprint density at radius 3 is 2.67 bits per heavy atom. The van der Waals surface area contributed by atoms with Crippen LogP contribution in [0, 0.1) is 0 Å². The van der Waals surface area contributed by atoms with Crippen molar-refractivity contribution in [2.24, 2.45) is 0 Å². The summed E-state index contributed by atoms with van der Waals surface area (Å²) in [6.45, 7) is 0. The maximum absolute atomic E-state index is 12.5. The van der Waals surface area contributed by atoms with Gasteiger partial charge in [-0.25, -0.2) is 0 Å². The van der Waals surface area contributed by atoms with Crippen LogP contribution in [0.2, 0.25) is 0 Å². The molecule has 2 aliphatic heterocycles. The summed E-state index contributed by atoms with van der Waals surface area (Å²) in [5.74, 6) is -0.438. The van der Waals surface area contributed by atoms with Gasteiger partial charge in [0.1, 0.15) is 5.75 Å². The van der Waals surface area contributed by atoms with Crippen LogP contribution in [0.4, 0.5) is 18.9 Å². The fourth-order valence-corrected chi connectivity index (χ4v) is 4.63. The highest BCUT2D eigenvalue weighted by atomic mass is 32.2. The van der Waals surface area contributed by atoms with Crippen molar-refractivity contribution in [1.29, 1.82) is 0 Å². The largest absolute Gasteiger partial charge is 0.573 e. The topological polar surface area (TPSA) is 50.4 Å². The molecule has 1 saturated carbocycles. The lowest BCUT2D eigenvalue weighted by Gasteiger charge is -2.38. The second-order valence-electron chi connectivity index (χ2n) is 6.36. The number of amides is 1. The zero-order valence-corrected chi connectivity index (χ0v) is 13.4. The van der Waals surface area contributed by atoms with Crippen LogP contribution in [-0.2, 0) is 4.79 Å². The summed E-state index contributed by atoms with van der Waals surface area (Å²) in [5.41, 5.74) is 1.40. The molecule has 4 nitrogen and oxygen atoms in total. The van der Waals surface area contributed by atoms with E-state index in [1.807, 2.05) is 0 Å². The lowest BCUT2D eigenvalue weighted by molar-refractivity contribution is -0.274. The Morgan fingerprint density at radius 2 is 1.96 bits per heavy atom. The monoisotopic (exact) mass is 356 g/mol. The minimum absolute atomic E-state index is 0.150. The van der Waals surface area contributed by atoms with Gasteiger partial charge in [-0.15, -0.1) is 13.2 Å². The average Bonchev–Trinajstić information content (AvgIpc) is 2.92. The third kappa shape index (κ3) is 2.83. The van der Waals surface area contributed by atoms with E-state index < -0.39 is 6.36 Å². The van der Waals surface area contributed by atoms with E-state index >= 15 is 0 Å². The first-order chi connectivity index (χ1) is 11.3. The van der Waals surface area contributed by atoms with Crippen molar-refractivity contribution in [2.45, 2.75) is 48.9 Å². The SMILES string of the molecule is O=C1NC2(CCCC2)CC2=C1Sc1cc(OC(F)(F)F)ccc1N2. The van der Waals surface area contributed by atoms with Gasteiger partial charge < -0.3 is 15.4 Å². The molecule has 128 valence electrons. The summed E-state index contributed by atoms with van der Waals surface area (Å²) < 4.78 is 41.0. The summed E-state index contributed by atoms with van der Waals surface area (Å²) in [7, 11) is 0. The first kappa shape index (κ1) is 15.7. The first-order valence-corrected chi connectivity index (χ1v) is 8.56. The van der Waals surface area contributed by atoms with Crippen LogP contribution in [0.25, 0.3) is 0 Å². The number of ether oxygens (including phenoxy) is 1. The summed E-state index contributed by atoms with van der Waals surface area (Å²) in [6.07, 6.45) is 0.138. The van der Waals surface area contributed by atoms with Crippen molar-refractivity contribution in [3.8, 4) is 5.75 Å². The maximum Gasteiger partial charge on any atom is 0.573 e. The molecule has 0 radical (unpaired) electrons. The number of hydrogen-bond acceptors (Lipinski definition) is 4. The van der Waals surface area contributed by atoms with Crippen LogP contribution in [0.3, 0.4) is 0 Å². The van der Waals surface area contributed by atoms with E-state index in [4.69, 9.17) is 0 Å². The smallest absolute Gasteiger partial charge is 0.406 e. The van der Waals surface area contributed by atoms with Crippen molar-refractivity contribution in [3.63, 3.8) is 0 Å². The third-order valence-electron chi connectivity index (χ3n) is 4.62. The minimum atomic E-state index is -4.73. The van der Waals surface area contributed by atoms with Crippen LogP contribution < -0.4 is 15.4 Å². The van der Waals surface area contributed by atoms with Gasteiger partial charge in [-0.1, -0.05) is 24.6 Å². The molecule has 0 aromatic heterocycles. The average molecular weight is 356 g/mol. The Bertz CT molecular complexity index is 739. The van der Waals surface area contributed by atoms with Crippen LogP contribution in [0.1, 0.15) is 32.1 Å². The van der Waals surface area contributed by atoms with Crippen molar-refractivity contribution in [1.82, 2.24) is 5.32 Å². The van der Waals surface area contributed by atoms with E-state index in [0.717, 1.165) is 37.8 Å². The molecule has 0 atom stereocenters. The fraction of sp³-hybridized carbons (Fsp3) is 0.438. The van der Waals surface area contributed by atoms with E-state index in [1.165, 1.54) is 23.9 Å². The Balaban J connectivity index is 1.61. The van der Waals surface area contributed by atoms with Gasteiger partial charge in [-0.3, -0.25) is 4.79 Å². The Hall–Kier alpha value is -1.83. The van der Waals surface area contributed by atoms with E-state index in [0.29, 0.717) is 15.5 Å². The zero-order chi connectivity index (χ0) is 16.9. The number of carbonyl (C=O) groups excluding carboxylic acids is 1. The number of hydrogen-bond donors (Lipinski definition) is 2. The molecular weight excluding hydrogens is 341 g/mol. The first-order valence-electron chi connectivity index (χ1n) is 7.74. The molecule has 1 fully saturated rings. The number of rotatable bonds is 1. The van der Waals surface area contributed by atoms with Crippen molar-refractivity contribution >= 4 is 23.4 Å². The molecule has 3 aliphatic rings. The molecule has 1 amide bonds. The molecule has 1 spiro atoms. The van der Waals surface area contributed by atoms with Crippen molar-refractivity contribution in [2.75, 3.05) is 5.32 Å². The highest BCUT2D eigenvalue weighted by Crippen LogP contribution is 2.48.